The molecule has 5 heteroatoms. The molecule has 2 saturated heterocycles. The molecule has 0 N–H and O–H groups in total. The highest BCUT2D eigenvalue weighted by atomic mass is 32.1. The summed E-state index contributed by atoms with van der Waals surface area (Å²) in [7, 11) is 0. The standard InChI is InChI=1S/C19H20N2O2S/c20-8-14-3-1-4-16(7-14)22-12-15-13-23-19-11-21(10-18(15)19)9-17-5-2-6-24-17/h1-7,15,18-19H,9-13H2/t15-,18+,19+/m1/s1. The van der Waals surface area contributed by atoms with E-state index in [1.807, 2.05) is 23.5 Å². The van der Waals surface area contributed by atoms with E-state index in [-0.39, 0.29) is 0 Å². The van der Waals surface area contributed by atoms with Gasteiger partial charge in [-0.3, -0.25) is 4.90 Å². The van der Waals surface area contributed by atoms with Crippen molar-refractivity contribution in [3.63, 3.8) is 0 Å². The van der Waals surface area contributed by atoms with Gasteiger partial charge in [0.15, 0.2) is 0 Å². The van der Waals surface area contributed by atoms with Crippen LogP contribution in [0.1, 0.15) is 10.4 Å². The lowest BCUT2D eigenvalue weighted by Gasteiger charge is -2.19. The molecule has 0 bridgehead atoms. The summed E-state index contributed by atoms with van der Waals surface area (Å²) < 4.78 is 11.9. The van der Waals surface area contributed by atoms with E-state index < -0.39 is 0 Å². The summed E-state index contributed by atoms with van der Waals surface area (Å²) in [6.45, 7) is 4.55. The Morgan fingerprint density at radius 1 is 1.29 bits per heavy atom. The van der Waals surface area contributed by atoms with Crippen LogP contribution in [0.3, 0.4) is 0 Å². The minimum absolute atomic E-state index is 0.337. The number of hydrogen-bond acceptors (Lipinski definition) is 5. The van der Waals surface area contributed by atoms with Crippen molar-refractivity contribution in [3.05, 3.63) is 52.2 Å². The van der Waals surface area contributed by atoms with E-state index in [1.54, 1.807) is 12.1 Å². The normalized spacial score (nSPS) is 26.2. The Morgan fingerprint density at radius 2 is 2.25 bits per heavy atom. The number of ether oxygens (including phenoxy) is 2. The first kappa shape index (κ1) is 15.6. The van der Waals surface area contributed by atoms with Crippen LogP contribution in [-0.2, 0) is 11.3 Å². The maximum absolute atomic E-state index is 8.97. The number of nitrogens with zero attached hydrogens (tertiary/aromatic N) is 2. The second kappa shape index (κ2) is 6.94. The van der Waals surface area contributed by atoms with E-state index in [0.717, 1.165) is 32.0 Å². The second-order valence-electron chi connectivity index (χ2n) is 6.52. The van der Waals surface area contributed by atoms with Gasteiger partial charge < -0.3 is 9.47 Å². The van der Waals surface area contributed by atoms with Crippen LogP contribution in [-0.4, -0.2) is 37.3 Å². The van der Waals surface area contributed by atoms with Gasteiger partial charge in [0.1, 0.15) is 5.75 Å². The van der Waals surface area contributed by atoms with E-state index in [1.165, 1.54) is 4.88 Å². The lowest BCUT2D eigenvalue weighted by molar-refractivity contribution is 0.0899. The number of likely N-dealkylation sites (tertiary alicyclic amines) is 1. The molecule has 24 heavy (non-hydrogen) atoms. The molecule has 0 spiro atoms. The van der Waals surface area contributed by atoms with E-state index in [2.05, 4.69) is 28.5 Å². The summed E-state index contributed by atoms with van der Waals surface area (Å²) in [6, 6.07) is 13.8. The quantitative estimate of drug-likeness (QED) is 0.839. The first-order valence-electron chi connectivity index (χ1n) is 8.31. The van der Waals surface area contributed by atoms with Gasteiger partial charge in [-0.05, 0) is 29.6 Å². The highest BCUT2D eigenvalue weighted by Gasteiger charge is 2.43. The molecule has 2 aliphatic heterocycles. The zero-order valence-electron chi connectivity index (χ0n) is 13.4. The monoisotopic (exact) mass is 340 g/mol. The zero-order chi connectivity index (χ0) is 16.4. The molecule has 4 nitrogen and oxygen atoms in total. The molecule has 2 aliphatic rings. The molecular weight excluding hydrogens is 320 g/mol. The fraction of sp³-hybridized carbons (Fsp3) is 0.421. The maximum atomic E-state index is 8.97. The molecule has 1 aromatic heterocycles. The Hall–Kier alpha value is -1.87. The molecule has 1 aromatic carbocycles. The number of thiophene rings is 1. The van der Waals surface area contributed by atoms with Crippen molar-refractivity contribution >= 4 is 11.3 Å². The number of fused-ring (bicyclic) bond motifs is 1. The van der Waals surface area contributed by atoms with Crippen LogP contribution in [0.5, 0.6) is 5.75 Å². The fourth-order valence-corrected chi connectivity index (χ4v) is 4.41. The zero-order valence-corrected chi connectivity index (χ0v) is 14.2. The first-order valence-corrected chi connectivity index (χ1v) is 9.19. The van der Waals surface area contributed by atoms with E-state index in [4.69, 9.17) is 14.7 Å². The largest absolute Gasteiger partial charge is 0.493 e. The molecule has 124 valence electrons. The lowest BCUT2D eigenvalue weighted by Crippen LogP contribution is -2.26. The molecular formula is C19H20N2O2S. The molecule has 3 heterocycles. The van der Waals surface area contributed by atoms with Crippen molar-refractivity contribution in [1.82, 2.24) is 4.90 Å². The van der Waals surface area contributed by atoms with Gasteiger partial charge in [-0.2, -0.15) is 5.26 Å². The van der Waals surface area contributed by atoms with Gasteiger partial charge in [0.25, 0.3) is 0 Å². The van der Waals surface area contributed by atoms with Gasteiger partial charge in [0.2, 0.25) is 0 Å². The van der Waals surface area contributed by atoms with Crippen molar-refractivity contribution in [2.24, 2.45) is 11.8 Å². The van der Waals surface area contributed by atoms with Gasteiger partial charge in [-0.25, -0.2) is 0 Å². The van der Waals surface area contributed by atoms with Crippen molar-refractivity contribution in [1.29, 1.82) is 5.26 Å². The van der Waals surface area contributed by atoms with Crippen molar-refractivity contribution in [2.75, 3.05) is 26.3 Å². The SMILES string of the molecule is N#Cc1cccc(OC[C@@H]2CO[C@H]3CN(Cc4cccs4)C[C@@H]23)c1. The maximum Gasteiger partial charge on any atom is 0.120 e. The predicted molar refractivity (Wildman–Crippen MR) is 93.0 cm³/mol. The molecule has 0 aliphatic carbocycles. The molecule has 2 aromatic rings. The Morgan fingerprint density at radius 3 is 3.08 bits per heavy atom. The molecule has 4 rings (SSSR count). The highest BCUT2D eigenvalue weighted by Crippen LogP contribution is 2.35. The van der Waals surface area contributed by atoms with E-state index in [0.29, 0.717) is 30.1 Å². The van der Waals surface area contributed by atoms with Crippen LogP contribution in [0.25, 0.3) is 0 Å². The smallest absolute Gasteiger partial charge is 0.120 e. The van der Waals surface area contributed by atoms with Crippen LogP contribution >= 0.6 is 11.3 Å². The summed E-state index contributed by atoms with van der Waals surface area (Å²) in [5, 5.41) is 11.1. The van der Waals surface area contributed by atoms with Gasteiger partial charge in [-0.15, -0.1) is 11.3 Å². The van der Waals surface area contributed by atoms with Crippen LogP contribution in [0.15, 0.2) is 41.8 Å². The van der Waals surface area contributed by atoms with E-state index >= 15 is 0 Å². The third kappa shape index (κ3) is 3.32. The third-order valence-electron chi connectivity index (χ3n) is 4.90. The summed E-state index contributed by atoms with van der Waals surface area (Å²) in [6.07, 6.45) is 0.337. The number of nitriles is 1. The topological polar surface area (TPSA) is 45.5 Å². The van der Waals surface area contributed by atoms with Gasteiger partial charge in [0.05, 0.1) is 31.0 Å². The van der Waals surface area contributed by atoms with Crippen molar-refractivity contribution in [3.8, 4) is 11.8 Å². The average Bonchev–Trinajstić information content (AvgIpc) is 3.32. The highest BCUT2D eigenvalue weighted by molar-refractivity contribution is 7.09. The Balaban J connectivity index is 1.33. The number of hydrogen-bond donors (Lipinski definition) is 0. The Labute approximate surface area is 146 Å². The van der Waals surface area contributed by atoms with Crippen LogP contribution in [0, 0.1) is 23.2 Å². The van der Waals surface area contributed by atoms with Crippen LogP contribution in [0.4, 0.5) is 0 Å². The Bertz CT molecular complexity index is 725. The summed E-state index contributed by atoms with van der Waals surface area (Å²) >= 11 is 1.82. The predicted octanol–water partition coefficient (Wildman–Crippen LogP) is 3.15. The molecule has 3 atom stereocenters. The van der Waals surface area contributed by atoms with Crippen LogP contribution < -0.4 is 4.74 Å². The average molecular weight is 340 g/mol. The molecule has 0 saturated carbocycles. The molecule has 0 radical (unpaired) electrons. The fourth-order valence-electron chi connectivity index (χ4n) is 3.66. The Kier molecular flexibility index (Phi) is 4.52. The van der Waals surface area contributed by atoms with Crippen molar-refractivity contribution < 1.29 is 9.47 Å². The summed E-state index contributed by atoms with van der Waals surface area (Å²) in [5.41, 5.74) is 0.635. The van der Waals surface area contributed by atoms with Gasteiger partial charge in [0, 0.05) is 36.3 Å². The minimum atomic E-state index is 0.337. The van der Waals surface area contributed by atoms with Gasteiger partial charge in [-0.1, -0.05) is 12.1 Å². The molecule has 0 amide bonds. The second-order valence-corrected chi connectivity index (χ2v) is 7.55. The minimum Gasteiger partial charge on any atom is -0.493 e. The third-order valence-corrected chi connectivity index (χ3v) is 5.76. The number of rotatable bonds is 5. The van der Waals surface area contributed by atoms with Crippen LogP contribution in [0.2, 0.25) is 0 Å². The molecule has 2 fully saturated rings. The molecule has 0 unspecified atom stereocenters. The summed E-state index contributed by atoms with van der Waals surface area (Å²) in [4.78, 5) is 3.90. The van der Waals surface area contributed by atoms with E-state index in [9.17, 15) is 0 Å². The van der Waals surface area contributed by atoms with Crippen molar-refractivity contribution in [2.45, 2.75) is 12.6 Å². The summed E-state index contributed by atoms with van der Waals surface area (Å²) in [5.74, 6) is 1.74. The number of benzene rings is 1. The first-order chi connectivity index (χ1) is 11.8. The van der Waals surface area contributed by atoms with Gasteiger partial charge >= 0.3 is 0 Å². The lowest BCUT2D eigenvalue weighted by atomic mass is 9.94.